The van der Waals surface area contributed by atoms with E-state index in [1.807, 2.05) is 24.3 Å². The van der Waals surface area contributed by atoms with Crippen LogP contribution >= 0.6 is 11.6 Å². The monoisotopic (exact) mass is 325 g/mol. The molecule has 0 radical (unpaired) electrons. The van der Waals surface area contributed by atoms with Crippen molar-refractivity contribution in [2.24, 2.45) is 0 Å². The zero-order valence-electron chi connectivity index (χ0n) is 12.6. The van der Waals surface area contributed by atoms with Gasteiger partial charge in [-0.15, -0.1) is 0 Å². The molecule has 4 heteroatoms. The SMILES string of the molecule is C[C@H](O)c1ccc(NC(=O)c2cccc3c(Cl)cccc23)cc1. The fourth-order valence-corrected chi connectivity index (χ4v) is 2.75. The average molecular weight is 326 g/mol. The highest BCUT2D eigenvalue weighted by Gasteiger charge is 2.11. The molecule has 116 valence electrons. The summed E-state index contributed by atoms with van der Waals surface area (Å²) in [4.78, 5) is 12.6. The lowest BCUT2D eigenvalue weighted by molar-refractivity contribution is 0.102. The molecule has 0 bridgehead atoms. The maximum Gasteiger partial charge on any atom is 0.256 e. The zero-order chi connectivity index (χ0) is 16.4. The predicted molar refractivity (Wildman–Crippen MR) is 94.0 cm³/mol. The average Bonchev–Trinajstić information content (AvgIpc) is 2.55. The van der Waals surface area contributed by atoms with Crippen LogP contribution in [0, 0.1) is 0 Å². The van der Waals surface area contributed by atoms with Crippen LogP contribution in [0.1, 0.15) is 28.9 Å². The van der Waals surface area contributed by atoms with Crippen LogP contribution in [0.4, 0.5) is 5.69 Å². The van der Waals surface area contributed by atoms with Crippen LogP contribution in [0.3, 0.4) is 0 Å². The molecule has 3 nitrogen and oxygen atoms in total. The Balaban J connectivity index is 1.90. The Morgan fingerprint density at radius 3 is 2.35 bits per heavy atom. The minimum Gasteiger partial charge on any atom is -0.389 e. The molecule has 3 rings (SSSR count). The largest absolute Gasteiger partial charge is 0.389 e. The number of carbonyl (C=O) groups is 1. The second-order valence-corrected chi connectivity index (χ2v) is 5.80. The van der Waals surface area contributed by atoms with Crippen LogP contribution in [0.5, 0.6) is 0 Å². The molecule has 1 atom stereocenters. The highest BCUT2D eigenvalue weighted by Crippen LogP contribution is 2.26. The van der Waals surface area contributed by atoms with Crippen LogP contribution in [0.2, 0.25) is 5.02 Å². The molecule has 0 aliphatic carbocycles. The third kappa shape index (κ3) is 3.21. The van der Waals surface area contributed by atoms with Crippen molar-refractivity contribution in [1.29, 1.82) is 0 Å². The number of aliphatic hydroxyl groups excluding tert-OH is 1. The fraction of sp³-hybridized carbons (Fsp3) is 0.105. The van der Waals surface area contributed by atoms with E-state index in [9.17, 15) is 9.90 Å². The highest BCUT2D eigenvalue weighted by molar-refractivity contribution is 6.36. The number of fused-ring (bicyclic) bond motifs is 1. The molecule has 3 aromatic carbocycles. The summed E-state index contributed by atoms with van der Waals surface area (Å²) in [5, 5.41) is 14.7. The van der Waals surface area contributed by atoms with Crippen molar-refractivity contribution in [3.05, 3.63) is 76.8 Å². The van der Waals surface area contributed by atoms with Gasteiger partial charge in [0.15, 0.2) is 0 Å². The Kier molecular flexibility index (Phi) is 4.33. The summed E-state index contributed by atoms with van der Waals surface area (Å²) in [6.45, 7) is 1.70. The lowest BCUT2D eigenvalue weighted by Gasteiger charge is -2.10. The van der Waals surface area contributed by atoms with Gasteiger partial charge in [0.2, 0.25) is 0 Å². The van der Waals surface area contributed by atoms with Crippen molar-refractivity contribution in [1.82, 2.24) is 0 Å². The molecule has 0 heterocycles. The van der Waals surface area contributed by atoms with Crippen LogP contribution in [0.25, 0.3) is 10.8 Å². The van der Waals surface area contributed by atoms with E-state index in [4.69, 9.17) is 11.6 Å². The minimum absolute atomic E-state index is 0.192. The first kappa shape index (κ1) is 15.5. The normalized spacial score (nSPS) is 12.1. The number of carbonyl (C=O) groups excluding carboxylic acids is 1. The van der Waals surface area contributed by atoms with Gasteiger partial charge in [0, 0.05) is 21.7 Å². The van der Waals surface area contributed by atoms with E-state index in [1.54, 1.807) is 43.3 Å². The van der Waals surface area contributed by atoms with Gasteiger partial charge in [-0.25, -0.2) is 0 Å². The van der Waals surface area contributed by atoms with Crippen LogP contribution in [0.15, 0.2) is 60.7 Å². The van der Waals surface area contributed by atoms with Gasteiger partial charge in [0.05, 0.1) is 6.10 Å². The van der Waals surface area contributed by atoms with Crippen molar-refractivity contribution >= 4 is 34.0 Å². The van der Waals surface area contributed by atoms with Gasteiger partial charge in [-0.05, 0) is 42.1 Å². The fourth-order valence-electron chi connectivity index (χ4n) is 2.51. The number of hydrogen-bond donors (Lipinski definition) is 2. The Morgan fingerprint density at radius 2 is 1.65 bits per heavy atom. The molecule has 0 aliphatic heterocycles. The molecule has 2 N–H and O–H groups in total. The number of hydrogen-bond acceptors (Lipinski definition) is 2. The van der Waals surface area contributed by atoms with Crippen LogP contribution in [-0.4, -0.2) is 11.0 Å². The van der Waals surface area contributed by atoms with Crippen molar-refractivity contribution in [3.63, 3.8) is 0 Å². The van der Waals surface area contributed by atoms with Crippen LogP contribution in [-0.2, 0) is 0 Å². The summed E-state index contributed by atoms with van der Waals surface area (Å²) in [5.74, 6) is -0.192. The maximum atomic E-state index is 12.6. The number of benzene rings is 3. The molecule has 0 saturated carbocycles. The third-order valence-electron chi connectivity index (χ3n) is 3.76. The molecule has 3 aromatic rings. The quantitative estimate of drug-likeness (QED) is 0.726. The first-order valence-electron chi connectivity index (χ1n) is 7.33. The van der Waals surface area contributed by atoms with Gasteiger partial charge in [0.25, 0.3) is 5.91 Å². The minimum atomic E-state index is -0.528. The second kappa shape index (κ2) is 6.41. The molecule has 1 amide bonds. The van der Waals surface area contributed by atoms with E-state index in [0.29, 0.717) is 16.3 Å². The summed E-state index contributed by atoms with van der Waals surface area (Å²) in [6, 6.07) is 18.1. The molecule has 23 heavy (non-hydrogen) atoms. The van der Waals surface area contributed by atoms with E-state index in [-0.39, 0.29) is 5.91 Å². The molecular weight excluding hydrogens is 310 g/mol. The molecule has 0 saturated heterocycles. The molecule has 0 aliphatic rings. The first-order valence-corrected chi connectivity index (χ1v) is 7.70. The Morgan fingerprint density at radius 1 is 1.00 bits per heavy atom. The van der Waals surface area contributed by atoms with Gasteiger partial charge in [-0.1, -0.05) is 48.0 Å². The van der Waals surface area contributed by atoms with Gasteiger partial charge < -0.3 is 10.4 Å². The van der Waals surface area contributed by atoms with E-state index in [0.717, 1.165) is 16.3 Å². The highest BCUT2D eigenvalue weighted by atomic mass is 35.5. The molecular formula is C19H16ClNO2. The van der Waals surface area contributed by atoms with Crippen LogP contribution < -0.4 is 5.32 Å². The summed E-state index contributed by atoms with van der Waals surface area (Å²) in [7, 11) is 0. The summed E-state index contributed by atoms with van der Waals surface area (Å²) >= 11 is 6.19. The standard InChI is InChI=1S/C19H16ClNO2/c1-12(22)13-8-10-14(11-9-13)21-19(23)17-6-2-5-16-15(17)4-3-7-18(16)20/h2-12,22H,1H3,(H,21,23)/t12-/m0/s1. The summed E-state index contributed by atoms with van der Waals surface area (Å²) < 4.78 is 0. The molecule has 0 spiro atoms. The lowest BCUT2D eigenvalue weighted by Crippen LogP contribution is -2.12. The van der Waals surface area contributed by atoms with Crippen molar-refractivity contribution in [3.8, 4) is 0 Å². The summed E-state index contributed by atoms with van der Waals surface area (Å²) in [6.07, 6.45) is -0.528. The Labute approximate surface area is 139 Å². The van der Waals surface area contributed by atoms with E-state index in [1.165, 1.54) is 0 Å². The lowest BCUT2D eigenvalue weighted by atomic mass is 10.0. The molecule has 0 unspecified atom stereocenters. The number of aliphatic hydroxyl groups is 1. The molecule has 0 aromatic heterocycles. The number of amides is 1. The number of halogens is 1. The van der Waals surface area contributed by atoms with E-state index in [2.05, 4.69) is 5.32 Å². The Hall–Kier alpha value is -2.36. The Bertz CT molecular complexity index is 857. The van der Waals surface area contributed by atoms with Crippen molar-refractivity contribution in [2.75, 3.05) is 5.32 Å². The number of rotatable bonds is 3. The first-order chi connectivity index (χ1) is 11.1. The number of nitrogens with one attached hydrogen (secondary N) is 1. The summed E-state index contributed by atoms with van der Waals surface area (Å²) in [5.41, 5.74) is 2.06. The van der Waals surface area contributed by atoms with E-state index < -0.39 is 6.10 Å². The van der Waals surface area contributed by atoms with Gasteiger partial charge in [-0.3, -0.25) is 4.79 Å². The van der Waals surface area contributed by atoms with Crippen molar-refractivity contribution < 1.29 is 9.90 Å². The number of anilines is 1. The third-order valence-corrected chi connectivity index (χ3v) is 4.09. The van der Waals surface area contributed by atoms with E-state index >= 15 is 0 Å². The molecule has 0 fully saturated rings. The predicted octanol–water partition coefficient (Wildman–Crippen LogP) is 4.80. The van der Waals surface area contributed by atoms with Gasteiger partial charge >= 0.3 is 0 Å². The van der Waals surface area contributed by atoms with Crippen molar-refractivity contribution in [2.45, 2.75) is 13.0 Å². The zero-order valence-corrected chi connectivity index (χ0v) is 13.3. The topological polar surface area (TPSA) is 49.3 Å². The maximum absolute atomic E-state index is 12.6. The van der Waals surface area contributed by atoms with Gasteiger partial charge in [-0.2, -0.15) is 0 Å². The second-order valence-electron chi connectivity index (χ2n) is 5.39. The van der Waals surface area contributed by atoms with Gasteiger partial charge in [0.1, 0.15) is 0 Å². The smallest absolute Gasteiger partial charge is 0.256 e.